The van der Waals surface area contributed by atoms with Gasteiger partial charge in [-0.2, -0.15) is 5.10 Å². The highest BCUT2D eigenvalue weighted by Gasteiger charge is 2.19. The van der Waals surface area contributed by atoms with Crippen LogP contribution in [0.3, 0.4) is 0 Å². The van der Waals surface area contributed by atoms with Gasteiger partial charge in [0.25, 0.3) is 5.91 Å². The number of hydrogen-bond donors (Lipinski definition) is 2. The summed E-state index contributed by atoms with van der Waals surface area (Å²) in [6.07, 6.45) is -0.761. The summed E-state index contributed by atoms with van der Waals surface area (Å²) >= 11 is 0. The topological polar surface area (TPSA) is 80.0 Å². The highest BCUT2D eigenvalue weighted by Crippen LogP contribution is 2.23. The monoisotopic (exact) mass is 380 g/mol. The zero-order valence-electron chi connectivity index (χ0n) is 17.2. The van der Waals surface area contributed by atoms with Gasteiger partial charge < -0.3 is 10.4 Å². The molecule has 2 N–H and O–H groups in total. The summed E-state index contributed by atoms with van der Waals surface area (Å²) in [5.41, 5.74) is 4.81. The molecule has 1 unspecified atom stereocenters. The van der Waals surface area contributed by atoms with Crippen LogP contribution < -0.4 is 5.32 Å². The van der Waals surface area contributed by atoms with Crippen LogP contribution in [0.25, 0.3) is 11.0 Å². The standard InChI is InChI=1S/C22H28N4O2/c1-6-26-21-20(15(5)25-26)18(11-14(4)24-21)22(28)23-12-19(27)17-9-7-16(8-10-17)13(2)3/h7-11,13,19,27H,6,12H2,1-5H3,(H,23,28). The summed E-state index contributed by atoms with van der Waals surface area (Å²) in [5.74, 6) is 0.211. The van der Waals surface area contributed by atoms with Crippen LogP contribution in [0.1, 0.15) is 65.7 Å². The minimum atomic E-state index is -0.761. The van der Waals surface area contributed by atoms with Crippen molar-refractivity contribution in [2.45, 2.75) is 53.2 Å². The second-order valence-corrected chi connectivity index (χ2v) is 7.46. The summed E-state index contributed by atoms with van der Waals surface area (Å²) in [6, 6.07) is 9.63. The van der Waals surface area contributed by atoms with Crippen LogP contribution in [0.5, 0.6) is 0 Å². The predicted octanol–water partition coefficient (Wildman–Crippen LogP) is 3.65. The molecular formula is C22H28N4O2. The Morgan fingerprint density at radius 2 is 1.82 bits per heavy atom. The number of rotatable bonds is 6. The maximum Gasteiger partial charge on any atom is 0.252 e. The Labute approximate surface area is 165 Å². The van der Waals surface area contributed by atoms with E-state index in [9.17, 15) is 9.90 Å². The van der Waals surface area contributed by atoms with E-state index in [2.05, 4.69) is 29.2 Å². The lowest BCUT2D eigenvalue weighted by Crippen LogP contribution is -2.28. The number of carbonyl (C=O) groups excluding carboxylic acids is 1. The average molecular weight is 380 g/mol. The number of hydrogen-bond acceptors (Lipinski definition) is 4. The predicted molar refractivity (Wildman–Crippen MR) is 111 cm³/mol. The molecular weight excluding hydrogens is 352 g/mol. The summed E-state index contributed by atoms with van der Waals surface area (Å²) < 4.78 is 1.81. The number of fused-ring (bicyclic) bond motifs is 1. The van der Waals surface area contributed by atoms with Gasteiger partial charge in [-0.25, -0.2) is 9.67 Å². The summed E-state index contributed by atoms with van der Waals surface area (Å²) in [5, 5.41) is 18.6. The Bertz CT molecular complexity index is 990. The molecule has 6 nitrogen and oxygen atoms in total. The lowest BCUT2D eigenvalue weighted by atomic mass is 10.00. The first-order chi connectivity index (χ1) is 13.3. The van der Waals surface area contributed by atoms with Gasteiger partial charge in [0.05, 0.1) is 22.7 Å². The number of nitrogens with zero attached hydrogens (tertiary/aromatic N) is 3. The molecule has 0 fully saturated rings. The molecule has 3 rings (SSSR count). The number of aryl methyl sites for hydroxylation is 3. The van der Waals surface area contributed by atoms with Crippen molar-refractivity contribution in [2.75, 3.05) is 6.54 Å². The van der Waals surface area contributed by atoms with Gasteiger partial charge >= 0.3 is 0 Å². The number of aromatic nitrogens is 3. The van der Waals surface area contributed by atoms with Crippen molar-refractivity contribution in [3.8, 4) is 0 Å². The number of carbonyl (C=O) groups is 1. The zero-order valence-corrected chi connectivity index (χ0v) is 17.2. The van der Waals surface area contributed by atoms with E-state index in [0.29, 0.717) is 18.0 Å². The van der Waals surface area contributed by atoms with Crippen LogP contribution in [0.15, 0.2) is 30.3 Å². The Kier molecular flexibility index (Phi) is 5.79. The van der Waals surface area contributed by atoms with Gasteiger partial charge in [0.2, 0.25) is 0 Å². The number of amides is 1. The fourth-order valence-corrected chi connectivity index (χ4v) is 3.38. The molecule has 148 valence electrons. The zero-order chi connectivity index (χ0) is 20.4. The van der Waals surface area contributed by atoms with Crippen molar-refractivity contribution >= 4 is 16.9 Å². The summed E-state index contributed by atoms with van der Waals surface area (Å²) in [6.45, 7) is 10.8. The van der Waals surface area contributed by atoms with Crippen LogP contribution in [0, 0.1) is 13.8 Å². The third-order valence-corrected chi connectivity index (χ3v) is 4.99. The largest absolute Gasteiger partial charge is 0.387 e. The van der Waals surface area contributed by atoms with E-state index in [-0.39, 0.29) is 12.5 Å². The fourth-order valence-electron chi connectivity index (χ4n) is 3.38. The van der Waals surface area contributed by atoms with Gasteiger partial charge in [-0.1, -0.05) is 38.1 Å². The number of aliphatic hydroxyl groups excluding tert-OH is 1. The molecule has 1 amide bonds. The Balaban J connectivity index is 1.79. The molecule has 3 aromatic rings. The Morgan fingerprint density at radius 1 is 1.18 bits per heavy atom. The van der Waals surface area contributed by atoms with Gasteiger partial charge in [-0.15, -0.1) is 0 Å². The lowest BCUT2D eigenvalue weighted by molar-refractivity contribution is 0.0917. The quantitative estimate of drug-likeness (QED) is 0.684. The molecule has 2 aromatic heterocycles. The maximum absolute atomic E-state index is 12.9. The van der Waals surface area contributed by atoms with E-state index < -0.39 is 6.10 Å². The molecule has 0 aliphatic heterocycles. The van der Waals surface area contributed by atoms with Crippen molar-refractivity contribution in [1.29, 1.82) is 0 Å². The van der Waals surface area contributed by atoms with Crippen LogP contribution in [-0.4, -0.2) is 32.3 Å². The minimum Gasteiger partial charge on any atom is -0.387 e. The normalized spacial score (nSPS) is 12.5. The van der Waals surface area contributed by atoms with Crippen molar-refractivity contribution < 1.29 is 9.90 Å². The SMILES string of the molecule is CCn1nc(C)c2c(C(=O)NCC(O)c3ccc(C(C)C)cc3)cc(C)nc21. The highest BCUT2D eigenvalue weighted by atomic mass is 16.3. The molecule has 0 saturated carbocycles. The van der Waals surface area contributed by atoms with Crippen molar-refractivity contribution in [1.82, 2.24) is 20.1 Å². The molecule has 2 heterocycles. The third kappa shape index (κ3) is 3.92. The van der Waals surface area contributed by atoms with Crippen LogP contribution in [0.4, 0.5) is 0 Å². The van der Waals surface area contributed by atoms with E-state index >= 15 is 0 Å². The molecule has 1 atom stereocenters. The highest BCUT2D eigenvalue weighted by molar-refractivity contribution is 6.06. The maximum atomic E-state index is 12.9. The van der Waals surface area contributed by atoms with Gasteiger partial charge in [-0.05, 0) is 43.9 Å². The Hall–Kier alpha value is -2.73. The smallest absolute Gasteiger partial charge is 0.252 e. The number of pyridine rings is 1. The first-order valence-electron chi connectivity index (χ1n) is 9.72. The van der Waals surface area contributed by atoms with E-state index in [1.807, 2.05) is 45.0 Å². The van der Waals surface area contributed by atoms with Crippen molar-refractivity contribution in [3.63, 3.8) is 0 Å². The van der Waals surface area contributed by atoms with Gasteiger partial charge in [0.15, 0.2) is 5.65 Å². The van der Waals surface area contributed by atoms with Gasteiger partial charge in [-0.3, -0.25) is 4.79 Å². The van der Waals surface area contributed by atoms with Gasteiger partial charge in [0, 0.05) is 18.8 Å². The van der Waals surface area contributed by atoms with E-state index in [0.717, 1.165) is 28.0 Å². The van der Waals surface area contributed by atoms with Crippen molar-refractivity contribution in [2.24, 2.45) is 0 Å². The van der Waals surface area contributed by atoms with E-state index in [4.69, 9.17) is 0 Å². The number of nitrogens with one attached hydrogen (secondary N) is 1. The molecule has 0 bridgehead atoms. The van der Waals surface area contributed by atoms with Crippen LogP contribution >= 0.6 is 0 Å². The third-order valence-electron chi connectivity index (χ3n) is 4.99. The van der Waals surface area contributed by atoms with Crippen molar-refractivity contribution in [3.05, 3.63) is 58.4 Å². The first kappa shape index (κ1) is 20.0. The molecule has 1 aromatic carbocycles. The van der Waals surface area contributed by atoms with E-state index in [1.54, 1.807) is 10.7 Å². The molecule has 0 aliphatic rings. The molecule has 0 saturated heterocycles. The molecule has 28 heavy (non-hydrogen) atoms. The molecule has 0 radical (unpaired) electrons. The molecule has 0 aliphatic carbocycles. The van der Waals surface area contributed by atoms with Crippen LogP contribution in [-0.2, 0) is 6.54 Å². The second-order valence-electron chi connectivity index (χ2n) is 7.46. The second kappa shape index (κ2) is 8.10. The van der Waals surface area contributed by atoms with Crippen LogP contribution in [0.2, 0.25) is 0 Å². The molecule has 0 spiro atoms. The fraction of sp³-hybridized carbons (Fsp3) is 0.409. The summed E-state index contributed by atoms with van der Waals surface area (Å²) in [4.78, 5) is 17.4. The average Bonchev–Trinajstić information content (AvgIpc) is 3.00. The lowest BCUT2D eigenvalue weighted by Gasteiger charge is -2.14. The Morgan fingerprint density at radius 3 is 2.43 bits per heavy atom. The van der Waals surface area contributed by atoms with E-state index in [1.165, 1.54) is 5.56 Å². The number of aliphatic hydroxyl groups is 1. The summed E-state index contributed by atoms with van der Waals surface area (Å²) in [7, 11) is 0. The molecule has 6 heteroatoms. The first-order valence-corrected chi connectivity index (χ1v) is 9.72. The van der Waals surface area contributed by atoms with Gasteiger partial charge in [0.1, 0.15) is 0 Å². The minimum absolute atomic E-state index is 0.143. The number of benzene rings is 1.